The lowest BCUT2D eigenvalue weighted by molar-refractivity contribution is 0.660. The molecule has 24 aromatic carbocycles. The first-order chi connectivity index (χ1) is 66.3. The molecule has 24 aromatic rings. The van der Waals surface area contributed by atoms with Gasteiger partial charge in [0.2, 0.25) is 0 Å². The molecule has 0 spiro atoms. The monoisotopic (exact) mass is 1510 g/mol. The van der Waals surface area contributed by atoms with Crippen molar-refractivity contribution in [2.24, 2.45) is 0 Å². The Bertz CT molecular complexity index is 9410. The third kappa shape index (κ3) is 9.90. The van der Waals surface area contributed by atoms with E-state index in [2.05, 4.69) is 202 Å². The van der Waals surface area contributed by atoms with Gasteiger partial charge in [-0.25, -0.2) is 0 Å². The van der Waals surface area contributed by atoms with Crippen molar-refractivity contribution in [3.63, 3.8) is 0 Å². The molecule has 0 N–H and O–H groups in total. The molecule has 0 saturated heterocycles. The normalized spacial score (nSPS) is 16.0. The Morgan fingerprint density at radius 1 is 0.186 bits per heavy atom. The summed E-state index contributed by atoms with van der Waals surface area (Å²) in [5.41, 5.74) is 6.03. The van der Waals surface area contributed by atoms with E-state index in [-0.39, 0.29) is 86.7 Å². The second kappa shape index (κ2) is 25.0. The van der Waals surface area contributed by atoms with Crippen LogP contribution in [-0.2, 0) is 10.8 Å². The zero-order chi connectivity index (χ0) is 95.2. The Hall–Kier alpha value is -14.6. The highest BCUT2D eigenvalue weighted by atomic mass is 14.4. The van der Waals surface area contributed by atoms with Crippen LogP contribution in [0.25, 0.3) is 241 Å². The SMILES string of the molecule is [2H]c1c([2H])c(-c2ccc3ccc4cccc5ccc2c3c45)c([2H])c([2H])c1-c1c([2H])c(-c2ccc3c(c2)C(C)(C)c2ccccc2-3)c([2H])c(-c2ccc3ccc4cccc5ccc2c3c45)c1[2H].[2H]c1c([2H])c([2H])c2c(c1[2H])-c1c([2H])c([2H])c(-c3cc(-c4ccc(-c5ccc6ccc7cccc8ccc5c6c78)cc4)cc(-c4ccc5ccc6cccc7ccc4c5c67)c3)c([2H])c1C2(C([2H])([2H])[2H])C([2H])([2H])[2H]. The first kappa shape index (κ1) is 49.9. The molecule has 0 fully saturated rings. The average molecular weight is 1510 g/mol. The highest BCUT2D eigenvalue weighted by Crippen LogP contribution is 2.54. The summed E-state index contributed by atoms with van der Waals surface area (Å²) < 4.78 is 187. The number of rotatable bonds is 8. The van der Waals surface area contributed by atoms with Crippen molar-refractivity contribution in [1.29, 1.82) is 0 Å². The predicted molar refractivity (Wildman–Crippen MR) is 506 cm³/mol. The van der Waals surface area contributed by atoms with E-state index in [9.17, 15) is 13.7 Å². The van der Waals surface area contributed by atoms with Crippen LogP contribution < -0.4 is 0 Å². The van der Waals surface area contributed by atoms with Crippen molar-refractivity contribution in [3.8, 4) is 111 Å². The Labute approximate surface area is 712 Å². The highest BCUT2D eigenvalue weighted by Gasteiger charge is 2.37. The van der Waals surface area contributed by atoms with Gasteiger partial charge in [0, 0.05) is 19.1 Å². The summed E-state index contributed by atoms with van der Waals surface area (Å²) >= 11 is 0. The fourth-order valence-electron chi connectivity index (χ4n) is 20.0. The second-order valence-corrected chi connectivity index (χ2v) is 32.4. The smallest absolute Gasteiger partial charge is 0.0619 e. The van der Waals surface area contributed by atoms with Crippen LogP contribution in [0.15, 0.2) is 388 Å². The minimum atomic E-state index is -3.52. The summed E-state index contributed by atoms with van der Waals surface area (Å²) in [5, 5.41) is 25.5. The Morgan fingerprint density at radius 3 is 1.05 bits per heavy atom. The number of benzene rings is 24. The van der Waals surface area contributed by atoms with Crippen molar-refractivity contribution >= 4 is 129 Å². The van der Waals surface area contributed by atoms with E-state index in [1.165, 1.54) is 27.1 Å². The molecule has 26 rings (SSSR count). The molecule has 548 valence electrons. The van der Waals surface area contributed by atoms with Gasteiger partial charge in [0.1, 0.15) is 0 Å². The van der Waals surface area contributed by atoms with Crippen LogP contribution in [0, 0.1) is 0 Å². The summed E-state index contributed by atoms with van der Waals surface area (Å²) in [4.78, 5) is 0. The molecule has 2 aliphatic rings. The lowest BCUT2D eigenvalue weighted by atomic mass is 9.81. The maximum atomic E-state index is 10.1. The lowest BCUT2D eigenvalue weighted by Gasteiger charge is -2.22. The lowest BCUT2D eigenvalue weighted by Crippen LogP contribution is -2.14. The van der Waals surface area contributed by atoms with Crippen LogP contribution in [0.1, 0.15) is 77.2 Å². The van der Waals surface area contributed by atoms with E-state index in [0.29, 0.717) is 27.8 Å². The van der Waals surface area contributed by atoms with Gasteiger partial charge in [0.15, 0.2) is 0 Å². The average Bonchev–Trinajstić information content (AvgIpc) is 1.50. The van der Waals surface area contributed by atoms with E-state index < -0.39 is 83.7 Å². The Balaban J connectivity index is 0.000000147. The third-order valence-electron chi connectivity index (χ3n) is 25.7. The topological polar surface area (TPSA) is 0 Å². The van der Waals surface area contributed by atoms with Gasteiger partial charge in [-0.15, -0.1) is 0 Å². The van der Waals surface area contributed by atoms with Crippen LogP contribution >= 0.6 is 0 Å². The predicted octanol–water partition coefficient (Wildman–Crippen LogP) is 32.9. The van der Waals surface area contributed by atoms with Crippen LogP contribution in [0.3, 0.4) is 0 Å². The molecular weight excluding hydrogens is 1420 g/mol. The zero-order valence-corrected chi connectivity index (χ0v) is 63.9. The molecule has 0 heteroatoms. The van der Waals surface area contributed by atoms with Crippen molar-refractivity contribution < 1.29 is 27.4 Å². The van der Waals surface area contributed by atoms with Crippen molar-refractivity contribution in [1.82, 2.24) is 0 Å². The second-order valence-electron chi connectivity index (χ2n) is 32.4. The van der Waals surface area contributed by atoms with E-state index in [4.69, 9.17) is 13.7 Å². The maximum Gasteiger partial charge on any atom is 0.0636 e. The standard InChI is InChI=1S/2C59H38/c2*1-59(2)53-12-4-3-11-49(53)50-28-25-43(34-54(50)59)45-31-44(32-46(33-45)48-27-22-42-20-18-38-8-6-10-40-24-30-52(48)58(42)56(38)40)35-13-15-36(16-14-35)47-26-21-41-19-17-37-7-5-9-39-23-29-51(47)57(41)55(37)39/h2*3-34H,1-2H3/i1D3,2D3,3D,4D,11D,12D,25D,28D,34D;13D,14D,15D,16D,31D,32D,33D. The first-order valence-corrected chi connectivity index (χ1v) is 40.0. The summed E-state index contributed by atoms with van der Waals surface area (Å²) in [7, 11) is 0. The van der Waals surface area contributed by atoms with Crippen LogP contribution in [0.4, 0.5) is 0 Å². The number of hydrogen-bond donors (Lipinski definition) is 0. The quantitative estimate of drug-likeness (QED) is 0.133. The van der Waals surface area contributed by atoms with Crippen LogP contribution in [-0.4, -0.2) is 0 Å². The fourth-order valence-corrected chi connectivity index (χ4v) is 20.0. The summed E-state index contributed by atoms with van der Waals surface area (Å²) in [6, 6.07) is 96.2. The Kier molecular flexibility index (Phi) is 10.6. The molecular formula is C118H76. The minimum absolute atomic E-state index is 0.00225. The minimum Gasteiger partial charge on any atom is -0.0619 e. The van der Waals surface area contributed by atoms with Crippen molar-refractivity contribution in [2.75, 3.05) is 0 Å². The third-order valence-corrected chi connectivity index (χ3v) is 25.7. The van der Waals surface area contributed by atoms with Crippen LogP contribution in [0.2, 0.25) is 0 Å². The summed E-state index contributed by atoms with van der Waals surface area (Å²) in [6.45, 7) is -2.67. The van der Waals surface area contributed by atoms with Gasteiger partial charge < -0.3 is 0 Å². The molecule has 0 radical (unpaired) electrons. The fraction of sp³-hybridized carbons (Fsp3) is 0.0508. The van der Waals surface area contributed by atoms with E-state index in [1.807, 2.05) is 103 Å². The highest BCUT2D eigenvalue weighted by molar-refractivity contribution is 6.29. The summed E-state index contributed by atoms with van der Waals surface area (Å²) in [6.07, 6.45) is 0. The molecule has 0 nitrogen and oxygen atoms in total. The molecule has 0 aliphatic heterocycles. The molecule has 0 saturated carbocycles. The molecule has 2 aliphatic carbocycles. The molecule has 0 heterocycles. The van der Waals surface area contributed by atoms with Gasteiger partial charge >= 0.3 is 0 Å². The van der Waals surface area contributed by atoms with Crippen molar-refractivity contribution in [2.45, 2.75) is 38.4 Å². The molecule has 118 heavy (non-hydrogen) atoms. The molecule has 0 unspecified atom stereocenters. The van der Waals surface area contributed by atoms with Gasteiger partial charge in [-0.3, -0.25) is 0 Å². The van der Waals surface area contributed by atoms with E-state index in [0.717, 1.165) is 147 Å². The number of hydrogen-bond acceptors (Lipinski definition) is 0. The van der Waals surface area contributed by atoms with Gasteiger partial charge in [-0.2, -0.15) is 0 Å². The largest absolute Gasteiger partial charge is 0.0636 e. The van der Waals surface area contributed by atoms with E-state index in [1.54, 1.807) is 12.1 Å². The molecule has 0 bridgehead atoms. The summed E-state index contributed by atoms with van der Waals surface area (Å²) in [5.74, 6) is 0. The Morgan fingerprint density at radius 2 is 0.542 bits per heavy atom. The van der Waals surface area contributed by atoms with Gasteiger partial charge in [-0.1, -0.05) is 367 Å². The number of fused-ring (bicyclic) bond motifs is 6. The van der Waals surface area contributed by atoms with Gasteiger partial charge in [0.25, 0.3) is 0 Å². The zero-order valence-electron chi connectivity index (χ0n) is 83.9. The van der Waals surface area contributed by atoms with Crippen molar-refractivity contribution in [3.05, 3.63) is 410 Å². The molecule has 0 atom stereocenters. The first-order valence-electron chi connectivity index (χ1n) is 50.0. The molecule has 0 amide bonds. The van der Waals surface area contributed by atoms with Gasteiger partial charge in [0.05, 0.1) is 19.2 Å². The van der Waals surface area contributed by atoms with E-state index >= 15 is 0 Å². The van der Waals surface area contributed by atoms with Crippen LogP contribution in [0.5, 0.6) is 0 Å². The maximum absolute atomic E-state index is 10.1. The molecule has 0 aromatic heterocycles. The van der Waals surface area contributed by atoms with Gasteiger partial charge in [-0.05, 0) is 311 Å².